The lowest BCUT2D eigenvalue weighted by molar-refractivity contribution is 0.271. The molecule has 0 unspecified atom stereocenters. The molecular formula is C16H14FNO3. The highest BCUT2D eigenvalue weighted by Crippen LogP contribution is 2.29. The zero-order valence-corrected chi connectivity index (χ0v) is 11.5. The molecule has 0 aliphatic heterocycles. The molecule has 0 amide bonds. The van der Waals surface area contributed by atoms with E-state index in [9.17, 15) is 4.39 Å². The van der Waals surface area contributed by atoms with Gasteiger partial charge in [-0.1, -0.05) is 12.1 Å². The lowest BCUT2D eigenvalue weighted by atomic mass is 10.1. The van der Waals surface area contributed by atoms with E-state index < -0.39 is 5.82 Å². The molecule has 2 aromatic carbocycles. The second-order valence-electron chi connectivity index (χ2n) is 4.36. The molecule has 2 rings (SSSR count). The maximum Gasteiger partial charge on any atom is 0.162 e. The summed E-state index contributed by atoms with van der Waals surface area (Å²) < 4.78 is 24.0. The number of rotatable bonds is 5. The lowest BCUT2D eigenvalue weighted by Gasteiger charge is -2.12. The van der Waals surface area contributed by atoms with E-state index in [4.69, 9.17) is 19.8 Å². The molecule has 0 spiro atoms. The largest absolute Gasteiger partial charge is 0.493 e. The zero-order chi connectivity index (χ0) is 15.2. The molecule has 0 aliphatic rings. The van der Waals surface area contributed by atoms with E-state index in [1.807, 2.05) is 0 Å². The molecule has 108 valence electrons. The number of benzene rings is 2. The van der Waals surface area contributed by atoms with Crippen molar-refractivity contribution in [3.05, 3.63) is 58.9 Å². The second kappa shape index (κ2) is 6.73. The summed E-state index contributed by atoms with van der Waals surface area (Å²) in [5.41, 5.74) is 1.35. The van der Waals surface area contributed by atoms with Gasteiger partial charge in [0.2, 0.25) is 0 Å². The normalized spacial score (nSPS) is 10.0. The fourth-order valence-electron chi connectivity index (χ4n) is 1.84. The Bertz CT molecular complexity index is 680. The van der Waals surface area contributed by atoms with Crippen molar-refractivity contribution in [2.75, 3.05) is 7.11 Å². The average molecular weight is 287 g/mol. The third kappa shape index (κ3) is 3.50. The fraction of sp³-hybridized carbons (Fsp3) is 0.188. The molecule has 0 bridgehead atoms. The number of hydrogen-bond donors (Lipinski definition) is 1. The number of aliphatic hydroxyl groups is 1. The van der Waals surface area contributed by atoms with E-state index in [0.717, 1.165) is 0 Å². The smallest absolute Gasteiger partial charge is 0.162 e. The summed E-state index contributed by atoms with van der Waals surface area (Å²) in [6.07, 6.45) is 0. The summed E-state index contributed by atoms with van der Waals surface area (Å²) in [4.78, 5) is 0. The molecule has 0 heterocycles. The molecule has 0 aliphatic carbocycles. The van der Waals surface area contributed by atoms with Gasteiger partial charge in [-0.15, -0.1) is 0 Å². The van der Waals surface area contributed by atoms with Gasteiger partial charge >= 0.3 is 0 Å². The summed E-state index contributed by atoms with van der Waals surface area (Å²) in [6.45, 7) is 0.0652. The molecule has 0 saturated heterocycles. The maximum atomic E-state index is 13.2. The Hall–Kier alpha value is -2.58. The van der Waals surface area contributed by atoms with Gasteiger partial charge < -0.3 is 14.6 Å². The summed E-state index contributed by atoms with van der Waals surface area (Å²) in [6, 6.07) is 11.1. The van der Waals surface area contributed by atoms with Gasteiger partial charge in [0.05, 0.1) is 19.3 Å². The standard InChI is InChI=1S/C16H14FNO3/c1-20-15-5-3-11(9-19)7-16(15)21-10-12-2-4-14(17)13(6-12)8-18/h2-7,19H,9-10H2,1H3. The number of methoxy groups -OCH3 is 1. The van der Waals surface area contributed by atoms with E-state index in [0.29, 0.717) is 22.6 Å². The monoisotopic (exact) mass is 287 g/mol. The number of nitrogens with zero attached hydrogens (tertiary/aromatic N) is 1. The topological polar surface area (TPSA) is 62.5 Å². The molecule has 0 atom stereocenters. The van der Waals surface area contributed by atoms with Gasteiger partial charge in [0.25, 0.3) is 0 Å². The third-order valence-corrected chi connectivity index (χ3v) is 2.96. The van der Waals surface area contributed by atoms with Crippen LogP contribution in [0.15, 0.2) is 36.4 Å². The second-order valence-corrected chi connectivity index (χ2v) is 4.36. The van der Waals surface area contributed by atoms with Crippen LogP contribution in [0.3, 0.4) is 0 Å². The van der Waals surface area contributed by atoms with E-state index in [-0.39, 0.29) is 18.8 Å². The van der Waals surface area contributed by atoms with E-state index in [1.165, 1.54) is 19.2 Å². The lowest BCUT2D eigenvalue weighted by Crippen LogP contribution is -2.00. The number of ether oxygens (including phenoxy) is 2. The minimum absolute atomic E-state index is 0.0211. The van der Waals surface area contributed by atoms with Crippen LogP contribution in [-0.4, -0.2) is 12.2 Å². The average Bonchev–Trinajstić information content (AvgIpc) is 2.53. The highest BCUT2D eigenvalue weighted by Gasteiger charge is 2.08. The molecule has 1 N–H and O–H groups in total. The van der Waals surface area contributed by atoms with Crippen LogP contribution in [-0.2, 0) is 13.2 Å². The Morgan fingerprint density at radius 3 is 2.57 bits per heavy atom. The Morgan fingerprint density at radius 2 is 1.90 bits per heavy atom. The van der Waals surface area contributed by atoms with Gasteiger partial charge in [-0.3, -0.25) is 0 Å². The van der Waals surface area contributed by atoms with Crippen molar-refractivity contribution in [2.45, 2.75) is 13.2 Å². The highest BCUT2D eigenvalue weighted by atomic mass is 19.1. The van der Waals surface area contributed by atoms with Crippen molar-refractivity contribution < 1.29 is 19.0 Å². The van der Waals surface area contributed by atoms with Crippen LogP contribution in [0.25, 0.3) is 0 Å². The van der Waals surface area contributed by atoms with Crippen molar-refractivity contribution in [1.82, 2.24) is 0 Å². The molecule has 5 heteroatoms. The third-order valence-electron chi connectivity index (χ3n) is 2.96. The van der Waals surface area contributed by atoms with Gasteiger partial charge in [-0.25, -0.2) is 4.39 Å². The van der Waals surface area contributed by atoms with Gasteiger partial charge in [0.1, 0.15) is 18.5 Å². The molecule has 0 radical (unpaired) electrons. The molecule has 0 saturated carbocycles. The molecule has 0 aromatic heterocycles. The molecular weight excluding hydrogens is 273 g/mol. The molecule has 4 nitrogen and oxygen atoms in total. The fourth-order valence-corrected chi connectivity index (χ4v) is 1.84. The van der Waals surface area contributed by atoms with E-state index in [1.54, 1.807) is 30.3 Å². The maximum absolute atomic E-state index is 13.2. The van der Waals surface area contributed by atoms with Crippen LogP contribution in [0.5, 0.6) is 11.5 Å². The van der Waals surface area contributed by atoms with Crippen LogP contribution in [0, 0.1) is 17.1 Å². The van der Waals surface area contributed by atoms with Crippen molar-refractivity contribution in [3.63, 3.8) is 0 Å². The first-order chi connectivity index (χ1) is 10.2. The molecule has 2 aromatic rings. The van der Waals surface area contributed by atoms with Gasteiger partial charge in [0, 0.05) is 0 Å². The quantitative estimate of drug-likeness (QED) is 0.918. The Morgan fingerprint density at radius 1 is 1.14 bits per heavy atom. The zero-order valence-electron chi connectivity index (χ0n) is 11.5. The van der Waals surface area contributed by atoms with Crippen LogP contribution < -0.4 is 9.47 Å². The first-order valence-electron chi connectivity index (χ1n) is 6.27. The first kappa shape index (κ1) is 14.8. The molecule has 0 fully saturated rings. The summed E-state index contributed by atoms with van der Waals surface area (Å²) in [5, 5.41) is 17.9. The molecule has 21 heavy (non-hydrogen) atoms. The number of nitriles is 1. The van der Waals surface area contributed by atoms with Crippen LogP contribution in [0.4, 0.5) is 4.39 Å². The van der Waals surface area contributed by atoms with Crippen LogP contribution in [0.2, 0.25) is 0 Å². The summed E-state index contributed by atoms with van der Waals surface area (Å²) >= 11 is 0. The Balaban J connectivity index is 2.18. The highest BCUT2D eigenvalue weighted by molar-refractivity contribution is 5.43. The number of hydrogen-bond acceptors (Lipinski definition) is 4. The van der Waals surface area contributed by atoms with Gasteiger partial charge in [-0.2, -0.15) is 5.26 Å². The van der Waals surface area contributed by atoms with Crippen LogP contribution >= 0.6 is 0 Å². The summed E-state index contributed by atoms with van der Waals surface area (Å²) in [7, 11) is 1.52. The number of halogens is 1. The van der Waals surface area contributed by atoms with Crippen LogP contribution in [0.1, 0.15) is 16.7 Å². The Kier molecular flexibility index (Phi) is 4.75. The van der Waals surface area contributed by atoms with E-state index in [2.05, 4.69) is 0 Å². The van der Waals surface area contributed by atoms with Crippen molar-refractivity contribution >= 4 is 0 Å². The predicted molar refractivity (Wildman–Crippen MR) is 74.4 cm³/mol. The van der Waals surface area contributed by atoms with Crippen molar-refractivity contribution in [1.29, 1.82) is 5.26 Å². The number of aliphatic hydroxyl groups excluding tert-OH is 1. The Labute approximate surface area is 122 Å². The van der Waals surface area contributed by atoms with E-state index >= 15 is 0 Å². The summed E-state index contributed by atoms with van der Waals surface area (Å²) in [5.74, 6) is 0.461. The van der Waals surface area contributed by atoms with Crippen molar-refractivity contribution in [2.24, 2.45) is 0 Å². The van der Waals surface area contributed by atoms with Crippen molar-refractivity contribution in [3.8, 4) is 17.6 Å². The van der Waals surface area contributed by atoms with Gasteiger partial charge in [0.15, 0.2) is 11.5 Å². The predicted octanol–water partition coefficient (Wildman–Crippen LogP) is 2.78. The minimum atomic E-state index is -0.555. The minimum Gasteiger partial charge on any atom is -0.493 e. The SMILES string of the molecule is COc1ccc(CO)cc1OCc1ccc(F)c(C#N)c1. The van der Waals surface area contributed by atoms with Gasteiger partial charge in [-0.05, 0) is 35.4 Å². The first-order valence-corrected chi connectivity index (χ1v) is 6.27.